The molecule has 10 heteroatoms. The second kappa shape index (κ2) is 8.68. The Morgan fingerprint density at radius 3 is 2.58 bits per heavy atom. The maximum atomic E-state index is 15.6. The summed E-state index contributed by atoms with van der Waals surface area (Å²) in [4.78, 5) is 25.3. The molecule has 0 radical (unpaired) electrons. The van der Waals surface area contributed by atoms with Gasteiger partial charge in [0, 0.05) is 18.2 Å². The van der Waals surface area contributed by atoms with Crippen LogP contribution in [0.2, 0.25) is 5.28 Å². The summed E-state index contributed by atoms with van der Waals surface area (Å²) in [6.45, 7) is 9.09. The van der Waals surface area contributed by atoms with Gasteiger partial charge in [-0.25, -0.2) is 28.5 Å². The number of carbonyl (C=O) groups is 1. The zero-order valence-electron chi connectivity index (χ0n) is 17.0. The predicted molar refractivity (Wildman–Crippen MR) is 118 cm³/mol. The molecule has 1 N–H and O–H groups in total. The maximum absolute atomic E-state index is 15.6. The van der Waals surface area contributed by atoms with Crippen molar-refractivity contribution >= 4 is 34.7 Å². The molecule has 0 saturated heterocycles. The van der Waals surface area contributed by atoms with Crippen LogP contribution >= 0.6 is 22.9 Å². The summed E-state index contributed by atoms with van der Waals surface area (Å²) in [5.74, 6) is -1.92. The molecule has 0 fully saturated rings. The highest BCUT2D eigenvalue weighted by atomic mass is 35.5. The minimum atomic E-state index is -1.40. The number of nitrogens with zero attached hydrogens (tertiary/aromatic N) is 4. The van der Waals surface area contributed by atoms with Gasteiger partial charge >= 0.3 is 6.09 Å². The normalized spacial score (nSPS) is 11.4. The van der Waals surface area contributed by atoms with Crippen molar-refractivity contribution in [2.45, 2.75) is 26.2 Å². The number of benzene rings is 1. The first kappa shape index (κ1) is 22.8. The summed E-state index contributed by atoms with van der Waals surface area (Å²) in [6, 6.07) is 3.65. The average molecular weight is 465 g/mol. The number of anilines is 1. The fourth-order valence-corrected chi connectivity index (χ4v) is 4.07. The predicted octanol–water partition coefficient (Wildman–Crippen LogP) is 6.17. The van der Waals surface area contributed by atoms with E-state index in [2.05, 4.69) is 21.5 Å². The van der Waals surface area contributed by atoms with Crippen molar-refractivity contribution in [1.82, 2.24) is 15.0 Å². The highest BCUT2D eigenvalue weighted by Crippen LogP contribution is 2.43. The molecule has 0 aliphatic heterocycles. The molecular weight excluding hydrogens is 446 g/mol. The number of halogens is 3. The lowest BCUT2D eigenvalue weighted by atomic mass is 9.98. The van der Waals surface area contributed by atoms with Crippen LogP contribution in [-0.2, 0) is 5.41 Å². The molecule has 1 amide bonds. The van der Waals surface area contributed by atoms with Gasteiger partial charge < -0.3 is 5.11 Å². The van der Waals surface area contributed by atoms with Crippen molar-refractivity contribution in [2.24, 2.45) is 0 Å². The third-order valence-corrected chi connectivity index (χ3v) is 5.95. The monoisotopic (exact) mass is 464 g/mol. The van der Waals surface area contributed by atoms with Crippen LogP contribution in [0.15, 0.2) is 37.1 Å². The first-order valence-corrected chi connectivity index (χ1v) is 10.3. The summed E-state index contributed by atoms with van der Waals surface area (Å²) in [6.07, 6.45) is 1.35. The topological polar surface area (TPSA) is 79.2 Å². The Kier molecular flexibility index (Phi) is 6.38. The van der Waals surface area contributed by atoms with Crippen LogP contribution in [0.1, 0.15) is 25.8 Å². The third kappa shape index (κ3) is 4.57. The number of amides is 1. The summed E-state index contributed by atoms with van der Waals surface area (Å²) in [5, 5.41) is 10.1. The Balaban J connectivity index is 2.32. The van der Waals surface area contributed by atoms with Gasteiger partial charge in [-0.05, 0) is 29.8 Å². The number of rotatable bonds is 5. The van der Waals surface area contributed by atoms with Crippen molar-refractivity contribution < 1.29 is 18.7 Å². The molecule has 3 aromatic rings. The zero-order chi connectivity index (χ0) is 22.9. The molecule has 0 aliphatic carbocycles. The van der Waals surface area contributed by atoms with Crippen LogP contribution in [-0.4, -0.2) is 32.7 Å². The molecule has 0 unspecified atom stereocenters. The third-order valence-electron chi connectivity index (χ3n) is 4.27. The van der Waals surface area contributed by atoms with Gasteiger partial charge in [0.05, 0.1) is 32.5 Å². The van der Waals surface area contributed by atoms with Gasteiger partial charge in [0.1, 0.15) is 5.82 Å². The number of aromatic nitrogens is 3. The summed E-state index contributed by atoms with van der Waals surface area (Å²) in [5.41, 5.74) is -0.779. The first-order chi connectivity index (χ1) is 14.5. The van der Waals surface area contributed by atoms with Crippen LogP contribution in [0.4, 0.5) is 19.3 Å². The molecule has 0 bridgehead atoms. The van der Waals surface area contributed by atoms with E-state index < -0.39 is 28.7 Å². The molecule has 0 atom stereocenters. The molecule has 0 aliphatic rings. The average Bonchev–Trinajstić information content (AvgIpc) is 3.12. The molecule has 162 valence electrons. The lowest BCUT2D eigenvalue weighted by Crippen LogP contribution is -2.30. The molecule has 1 aromatic carbocycles. The van der Waals surface area contributed by atoms with E-state index in [1.807, 2.05) is 20.8 Å². The first-order valence-electron chi connectivity index (χ1n) is 9.14. The van der Waals surface area contributed by atoms with Crippen molar-refractivity contribution in [1.29, 1.82) is 0 Å². The Bertz CT molecular complexity index is 1160. The van der Waals surface area contributed by atoms with Gasteiger partial charge in [-0.3, -0.25) is 4.90 Å². The summed E-state index contributed by atoms with van der Waals surface area (Å²) in [7, 11) is 0. The highest BCUT2D eigenvalue weighted by Gasteiger charge is 2.29. The standard InChI is InChI=1S/C21H19ClF2N4O2S/c1-5-10-28(20(29)30)13-7-6-11(23)14(15(13)24)16-17(12-8-9-25-19(22)26-12)31-18(27-16)21(2,3)4/h5-9H,1,10H2,2-4H3,(H,29,30). The second-order valence-electron chi connectivity index (χ2n) is 7.60. The minimum absolute atomic E-state index is 0.0190. The minimum Gasteiger partial charge on any atom is -0.465 e. The van der Waals surface area contributed by atoms with Crippen molar-refractivity contribution in [3.63, 3.8) is 0 Å². The SMILES string of the molecule is C=CCN(C(=O)O)c1ccc(F)c(-c2nc(C(C)(C)C)sc2-c2ccnc(Cl)n2)c1F. The quantitative estimate of drug-likeness (QED) is 0.361. The Morgan fingerprint density at radius 1 is 1.29 bits per heavy atom. The number of hydrogen-bond donors (Lipinski definition) is 1. The van der Waals surface area contributed by atoms with Crippen LogP contribution in [0.5, 0.6) is 0 Å². The second-order valence-corrected chi connectivity index (χ2v) is 8.93. The lowest BCUT2D eigenvalue weighted by Gasteiger charge is -2.19. The smallest absolute Gasteiger partial charge is 0.412 e. The van der Waals surface area contributed by atoms with E-state index in [1.165, 1.54) is 23.6 Å². The van der Waals surface area contributed by atoms with Gasteiger partial charge in [0.25, 0.3) is 0 Å². The van der Waals surface area contributed by atoms with Gasteiger partial charge in [-0.2, -0.15) is 0 Å². The van der Waals surface area contributed by atoms with Crippen molar-refractivity contribution in [2.75, 3.05) is 11.4 Å². The van der Waals surface area contributed by atoms with Crippen molar-refractivity contribution in [3.05, 3.63) is 59.0 Å². The fourth-order valence-electron chi connectivity index (χ4n) is 2.82. The van der Waals surface area contributed by atoms with Crippen LogP contribution in [0.3, 0.4) is 0 Å². The molecule has 0 saturated carbocycles. The van der Waals surface area contributed by atoms with E-state index >= 15 is 4.39 Å². The molecule has 2 aromatic heterocycles. The Hall–Kier alpha value is -2.91. The van der Waals surface area contributed by atoms with Gasteiger partial charge in [-0.15, -0.1) is 17.9 Å². The number of carboxylic acid groups (broad SMARTS) is 1. The summed E-state index contributed by atoms with van der Waals surface area (Å²) < 4.78 is 30.5. The van der Waals surface area contributed by atoms with Crippen molar-refractivity contribution in [3.8, 4) is 21.8 Å². The molecule has 0 spiro atoms. The number of thiazole rings is 1. The zero-order valence-corrected chi connectivity index (χ0v) is 18.6. The molecule has 2 heterocycles. The molecule has 6 nitrogen and oxygen atoms in total. The maximum Gasteiger partial charge on any atom is 0.412 e. The van der Waals surface area contributed by atoms with E-state index in [-0.39, 0.29) is 23.2 Å². The van der Waals surface area contributed by atoms with E-state index in [1.54, 1.807) is 6.07 Å². The lowest BCUT2D eigenvalue weighted by molar-refractivity contribution is 0.202. The van der Waals surface area contributed by atoms with E-state index in [9.17, 15) is 14.3 Å². The fraction of sp³-hybridized carbons (Fsp3) is 0.238. The molecular formula is C21H19ClF2N4O2S. The van der Waals surface area contributed by atoms with Crippen LogP contribution in [0.25, 0.3) is 21.8 Å². The Labute approximate surface area is 186 Å². The summed E-state index contributed by atoms with van der Waals surface area (Å²) >= 11 is 7.15. The molecule has 3 rings (SSSR count). The van der Waals surface area contributed by atoms with Gasteiger partial charge in [0.2, 0.25) is 5.28 Å². The molecule has 31 heavy (non-hydrogen) atoms. The van der Waals surface area contributed by atoms with E-state index in [4.69, 9.17) is 11.6 Å². The van der Waals surface area contributed by atoms with Gasteiger partial charge in [0.15, 0.2) is 5.82 Å². The van der Waals surface area contributed by atoms with E-state index in [0.717, 1.165) is 17.0 Å². The van der Waals surface area contributed by atoms with Crippen LogP contribution in [0, 0.1) is 11.6 Å². The highest BCUT2D eigenvalue weighted by molar-refractivity contribution is 7.15. The largest absolute Gasteiger partial charge is 0.465 e. The van der Waals surface area contributed by atoms with Crippen LogP contribution < -0.4 is 4.90 Å². The Morgan fingerprint density at radius 2 is 2.00 bits per heavy atom. The number of hydrogen-bond acceptors (Lipinski definition) is 5. The van der Waals surface area contributed by atoms with E-state index in [0.29, 0.717) is 15.6 Å². The van der Waals surface area contributed by atoms with Gasteiger partial charge in [-0.1, -0.05) is 26.8 Å².